The van der Waals surface area contributed by atoms with Crippen LogP contribution in [0.5, 0.6) is 0 Å². The minimum atomic E-state index is -0.739. The highest BCUT2D eigenvalue weighted by atomic mass is 16.6. The maximum atomic E-state index is 11.4. The maximum Gasteiger partial charge on any atom is 0.308 e. The fourth-order valence-electron chi connectivity index (χ4n) is 3.73. The van der Waals surface area contributed by atoms with Gasteiger partial charge in [-0.1, -0.05) is 0 Å². The molecule has 4 unspecified atom stereocenters. The van der Waals surface area contributed by atoms with Crippen molar-refractivity contribution in [2.45, 2.75) is 25.3 Å². The quantitative estimate of drug-likeness (QED) is 0.651. The van der Waals surface area contributed by atoms with E-state index in [1.54, 1.807) is 12.1 Å². The van der Waals surface area contributed by atoms with Crippen molar-refractivity contribution in [2.75, 3.05) is 5.32 Å². The Hall–Kier alpha value is -2.11. The van der Waals surface area contributed by atoms with Crippen molar-refractivity contribution in [3.63, 3.8) is 0 Å². The van der Waals surface area contributed by atoms with Gasteiger partial charge in [0, 0.05) is 23.9 Å². The van der Waals surface area contributed by atoms with Gasteiger partial charge in [0.05, 0.1) is 10.8 Å². The van der Waals surface area contributed by atoms with Crippen LogP contribution in [-0.4, -0.2) is 22.0 Å². The van der Waals surface area contributed by atoms with E-state index in [4.69, 9.17) is 0 Å². The smallest absolute Gasteiger partial charge is 0.308 e. The molecule has 106 valence electrons. The number of carboxylic acids is 1. The highest BCUT2D eigenvalue weighted by Crippen LogP contribution is 2.49. The van der Waals surface area contributed by atoms with Gasteiger partial charge in [-0.15, -0.1) is 0 Å². The van der Waals surface area contributed by atoms with E-state index in [0.717, 1.165) is 24.9 Å². The van der Waals surface area contributed by atoms with Crippen molar-refractivity contribution in [3.05, 3.63) is 34.4 Å². The summed E-state index contributed by atoms with van der Waals surface area (Å²) in [6.07, 6.45) is 3.04. The third kappa shape index (κ3) is 2.11. The van der Waals surface area contributed by atoms with Crippen molar-refractivity contribution < 1.29 is 14.8 Å². The standard InChI is InChI=1S/C14H16N2O4/c17-14(18)12-8-1-2-9(7-8)13(12)15-10-3-5-11(6-4-10)16(19)20/h3-6,8-9,12-13,15H,1-2,7H2,(H,17,18). The molecule has 2 saturated carbocycles. The number of nitro groups is 1. The molecule has 0 amide bonds. The second-order valence-corrected chi connectivity index (χ2v) is 5.67. The topological polar surface area (TPSA) is 92.5 Å². The van der Waals surface area contributed by atoms with Crippen LogP contribution in [-0.2, 0) is 4.79 Å². The number of benzene rings is 1. The first-order valence-corrected chi connectivity index (χ1v) is 6.80. The van der Waals surface area contributed by atoms with Gasteiger partial charge >= 0.3 is 5.97 Å². The molecule has 0 radical (unpaired) electrons. The molecule has 6 heteroatoms. The van der Waals surface area contributed by atoms with Gasteiger partial charge in [-0.2, -0.15) is 0 Å². The van der Waals surface area contributed by atoms with Crippen LogP contribution >= 0.6 is 0 Å². The molecule has 2 bridgehead atoms. The zero-order valence-electron chi connectivity index (χ0n) is 10.9. The summed E-state index contributed by atoms with van der Waals surface area (Å²) in [6.45, 7) is 0. The Morgan fingerprint density at radius 2 is 1.90 bits per heavy atom. The Kier molecular flexibility index (Phi) is 3.08. The lowest BCUT2D eigenvalue weighted by molar-refractivity contribution is -0.384. The van der Waals surface area contributed by atoms with Crippen LogP contribution in [0.4, 0.5) is 11.4 Å². The first-order chi connectivity index (χ1) is 9.56. The molecular formula is C14H16N2O4. The summed E-state index contributed by atoms with van der Waals surface area (Å²) in [5.41, 5.74) is 0.790. The Balaban J connectivity index is 1.76. The van der Waals surface area contributed by atoms with Crippen molar-refractivity contribution in [3.8, 4) is 0 Å². The number of anilines is 1. The summed E-state index contributed by atoms with van der Waals surface area (Å²) in [4.78, 5) is 21.6. The molecule has 0 spiro atoms. The van der Waals surface area contributed by atoms with Gasteiger partial charge < -0.3 is 10.4 Å². The summed E-state index contributed by atoms with van der Waals surface area (Å²) < 4.78 is 0. The van der Waals surface area contributed by atoms with Crippen LogP contribution in [0.2, 0.25) is 0 Å². The normalized spacial score (nSPS) is 31.2. The van der Waals surface area contributed by atoms with Crippen LogP contribution < -0.4 is 5.32 Å². The molecular weight excluding hydrogens is 260 g/mol. The Bertz CT molecular complexity index is 543. The monoisotopic (exact) mass is 276 g/mol. The average Bonchev–Trinajstić information content (AvgIpc) is 3.00. The number of nitrogens with zero attached hydrogens (tertiary/aromatic N) is 1. The van der Waals surface area contributed by atoms with Crippen LogP contribution in [0.25, 0.3) is 0 Å². The number of nitro benzene ring substituents is 1. The lowest BCUT2D eigenvalue weighted by atomic mass is 9.84. The molecule has 6 nitrogen and oxygen atoms in total. The van der Waals surface area contributed by atoms with Gasteiger partial charge in [-0.05, 0) is 43.2 Å². The number of carboxylic acid groups (broad SMARTS) is 1. The van der Waals surface area contributed by atoms with E-state index in [-0.39, 0.29) is 23.6 Å². The molecule has 3 rings (SSSR count). The van der Waals surface area contributed by atoms with Gasteiger partial charge in [0.25, 0.3) is 5.69 Å². The first-order valence-electron chi connectivity index (χ1n) is 6.80. The van der Waals surface area contributed by atoms with Gasteiger partial charge in [0.1, 0.15) is 0 Å². The molecule has 20 heavy (non-hydrogen) atoms. The second kappa shape index (κ2) is 4.77. The van der Waals surface area contributed by atoms with Crippen LogP contribution in [0.3, 0.4) is 0 Å². The summed E-state index contributed by atoms with van der Waals surface area (Å²) in [5.74, 6) is -0.412. The van der Waals surface area contributed by atoms with Crippen LogP contribution in [0.15, 0.2) is 24.3 Å². The molecule has 4 atom stereocenters. The van der Waals surface area contributed by atoms with Gasteiger partial charge in [0.15, 0.2) is 0 Å². The molecule has 0 heterocycles. The number of hydrogen-bond donors (Lipinski definition) is 2. The molecule has 1 aromatic rings. The minimum absolute atomic E-state index is 0.0401. The van der Waals surface area contributed by atoms with Crippen molar-refractivity contribution in [2.24, 2.45) is 17.8 Å². The average molecular weight is 276 g/mol. The Labute approximate surface area is 115 Å². The van der Waals surface area contributed by atoms with Crippen molar-refractivity contribution >= 4 is 17.3 Å². The number of carbonyl (C=O) groups is 1. The maximum absolute atomic E-state index is 11.4. The molecule has 0 aromatic heterocycles. The Morgan fingerprint density at radius 1 is 1.25 bits per heavy atom. The molecule has 0 saturated heterocycles. The number of hydrogen-bond acceptors (Lipinski definition) is 4. The van der Waals surface area contributed by atoms with Gasteiger partial charge in [-0.3, -0.25) is 14.9 Å². The van der Waals surface area contributed by atoms with E-state index < -0.39 is 10.9 Å². The van der Waals surface area contributed by atoms with E-state index in [1.807, 2.05) is 0 Å². The Morgan fingerprint density at radius 3 is 2.50 bits per heavy atom. The van der Waals surface area contributed by atoms with Gasteiger partial charge in [0.2, 0.25) is 0 Å². The molecule has 2 N–H and O–H groups in total. The van der Waals surface area contributed by atoms with E-state index in [1.165, 1.54) is 12.1 Å². The predicted octanol–water partition coefficient (Wildman–Crippen LogP) is 2.51. The fourth-order valence-corrected chi connectivity index (χ4v) is 3.73. The van der Waals surface area contributed by atoms with E-state index >= 15 is 0 Å². The summed E-state index contributed by atoms with van der Waals surface area (Å²) >= 11 is 0. The second-order valence-electron chi connectivity index (χ2n) is 5.67. The molecule has 2 fully saturated rings. The molecule has 2 aliphatic carbocycles. The molecule has 1 aromatic carbocycles. The fraction of sp³-hybridized carbons (Fsp3) is 0.500. The van der Waals surface area contributed by atoms with Crippen LogP contribution in [0.1, 0.15) is 19.3 Å². The van der Waals surface area contributed by atoms with E-state index in [2.05, 4.69) is 5.32 Å². The highest BCUT2D eigenvalue weighted by molar-refractivity contribution is 5.73. The summed E-state index contributed by atoms with van der Waals surface area (Å²) in [6, 6.07) is 6.09. The highest BCUT2D eigenvalue weighted by Gasteiger charge is 2.51. The lowest BCUT2D eigenvalue weighted by Gasteiger charge is -2.29. The number of rotatable bonds is 4. The molecule has 2 aliphatic rings. The van der Waals surface area contributed by atoms with Gasteiger partial charge in [-0.25, -0.2) is 0 Å². The SMILES string of the molecule is O=C(O)C1C2CCC(C2)C1Nc1ccc([N+](=O)[O-])cc1. The third-order valence-electron chi connectivity index (χ3n) is 4.61. The van der Waals surface area contributed by atoms with E-state index in [0.29, 0.717) is 5.92 Å². The minimum Gasteiger partial charge on any atom is -0.481 e. The zero-order valence-corrected chi connectivity index (χ0v) is 10.9. The van der Waals surface area contributed by atoms with Crippen molar-refractivity contribution in [1.29, 1.82) is 0 Å². The predicted molar refractivity (Wildman–Crippen MR) is 72.5 cm³/mol. The number of nitrogens with one attached hydrogen (secondary N) is 1. The lowest BCUT2D eigenvalue weighted by Crippen LogP contribution is -2.39. The van der Waals surface area contributed by atoms with E-state index in [9.17, 15) is 20.0 Å². The largest absolute Gasteiger partial charge is 0.481 e. The number of non-ortho nitro benzene ring substituents is 1. The van der Waals surface area contributed by atoms with Crippen molar-refractivity contribution in [1.82, 2.24) is 0 Å². The summed E-state index contributed by atoms with van der Waals surface area (Å²) in [5, 5.41) is 23.2. The third-order valence-corrected chi connectivity index (χ3v) is 4.61. The first kappa shape index (κ1) is 12.9. The van der Waals surface area contributed by atoms with Crippen LogP contribution in [0, 0.1) is 27.9 Å². The summed E-state index contributed by atoms with van der Waals surface area (Å²) in [7, 11) is 0. The number of aliphatic carboxylic acids is 1. The molecule has 0 aliphatic heterocycles. The number of fused-ring (bicyclic) bond motifs is 2. The zero-order chi connectivity index (χ0) is 14.3.